The molecule has 1 saturated carbocycles. The number of aryl methyl sites for hydroxylation is 1. The number of carbonyl (C=O) groups excluding carboxylic acids is 1. The van der Waals surface area contributed by atoms with Gasteiger partial charge in [-0.2, -0.15) is 13.2 Å². The maximum atomic E-state index is 13.7. The topological polar surface area (TPSA) is 77.0 Å². The van der Waals surface area contributed by atoms with Gasteiger partial charge >= 0.3 is 12.1 Å². The lowest BCUT2D eigenvalue weighted by atomic mass is 9.81. The first-order valence-corrected chi connectivity index (χ1v) is 11.5. The number of carbonyl (C=O) groups is 2. The Morgan fingerprint density at radius 1 is 1.18 bits per heavy atom. The third-order valence-corrected chi connectivity index (χ3v) is 6.82. The smallest absolute Gasteiger partial charge is 0.475 e. The van der Waals surface area contributed by atoms with Gasteiger partial charge in [0, 0.05) is 44.5 Å². The lowest BCUT2D eigenvalue weighted by Gasteiger charge is -2.53. The summed E-state index contributed by atoms with van der Waals surface area (Å²) in [6.45, 7) is 11.4. The van der Waals surface area contributed by atoms with Crippen molar-refractivity contribution in [2.75, 3.05) is 37.6 Å². The summed E-state index contributed by atoms with van der Waals surface area (Å²) >= 11 is 0. The second-order valence-corrected chi connectivity index (χ2v) is 9.47. The summed E-state index contributed by atoms with van der Waals surface area (Å²) in [6.07, 6.45) is 1.36. The summed E-state index contributed by atoms with van der Waals surface area (Å²) in [6, 6.07) is 4.61. The summed E-state index contributed by atoms with van der Waals surface area (Å²) in [5, 5.41) is 7.12. The highest BCUT2D eigenvalue weighted by Crippen LogP contribution is 2.39. The van der Waals surface area contributed by atoms with Gasteiger partial charge in [-0.3, -0.25) is 14.7 Å². The number of piperazine rings is 1. The zero-order chi connectivity index (χ0) is 24.4. The molecule has 1 aliphatic carbocycles. The number of aliphatic carboxylic acids is 1. The Bertz CT molecular complexity index is 832. The first-order chi connectivity index (χ1) is 15.4. The van der Waals surface area contributed by atoms with E-state index in [1.54, 1.807) is 0 Å². The molecule has 1 N–H and O–H groups in total. The van der Waals surface area contributed by atoms with Crippen LogP contribution in [0.3, 0.4) is 0 Å². The Labute approximate surface area is 192 Å². The maximum Gasteiger partial charge on any atom is 0.490 e. The van der Waals surface area contributed by atoms with Crippen LogP contribution in [0.5, 0.6) is 0 Å². The molecule has 2 saturated heterocycles. The van der Waals surface area contributed by atoms with Crippen LogP contribution in [0.25, 0.3) is 0 Å². The summed E-state index contributed by atoms with van der Waals surface area (Å²) in [5.41, 5.74) is 1.64. The Morgan fingerprint density at radius 2 is 1.79 bits per heavy atom. The van der Waals surface area contributed by atoms with Gasteiger partial charge in [0.05, 0.1) is 11.9 Å². The van der Waals surface area contributed by atoms with Crippen molar-refractivity contribution in [3.63, 3.8) is 0 Å². The first-order valence-electron chi connectivity index (χ1n) is 11.5. The number of carboxylic acids is 1. The number of hydrogen-bond acceptors (Lipinski definition) is 5. The van der Waals surface area contributed by atoms with Crippen molar-refractivity contribution in [1.29, 1.82) is 0 Å². The molecule has 0 bridgehead atoms. The molecule has 0 unspecified atom stereocenters. The highest BCUT2D eigenvalue weighted by atomic mass is 19.4. The molecular formula is C23H33F3N4O3. The molecule has 3 fully saturated rings. The van der Waals surface area contributed by atoms with E-state index in [9.17, 15) is 18.0 Å². The number of hydrogen-bond donors (Lipinski definition) is 1. The van der Waals surface area contributed by atoms with Crippen molar-refractivity contribution in [1.82, 2.24) is 14.8 Å². The largest absolute Gasteiger partial charge is 0.490 e. The van der Waals surface area contributed by atoms with Crippen molar-refractivity contribution >= 4 is 17.6 Å². The van der Waals surface area contributed by atoms with Crippen LogP contribution in [0.4, 0.5) is 18.9 Å². The molecule has 1 spiro atoms. The third-order valence-electron chi connectivity index (χ3n) is 6.82. The highest BCUT2D eigenvalue weighted by Gasteiger charge is 2.52. The van der Waals surface area contributed by atoms with Crippen LogP contribution in [-0.2, 0) is 9.59 Å². The molecule has 0 atom stereocenters. The second-order valence-electron chi connectivity index (χ2n) is 9.47. The molecule has 0 aromatic carbocycles. The number of anilines is 1. The molecule has 2 aliphatic heterocycles. The molecule has 184 valence electrons. The van der Waals surface area contributed by atoms with E-state index in [2.05, 4.69) is 28.6 Å². The Hall–Kier alpha value is -2.20. The number of pyridine rings is 1. The molecular weight excluding hydrogens is 437 g/mol. The van der Waals surface area contributed by atoms with E-state index >= 15 is 0 Å². The zero-order valence-electron chi connectivity index (χ0n) is 19.4. The van der Waals surface area contributed by atoms with Crippen LogP contribution >= 0.6 is 0 Å². The predicted molar refractivity (Wildman–Crippen MR) is 118 cm³/mol. The molecule has 4 rings (SSSR count). The average molecular weight is 471 g/mol. The molecule has 3 heterocycles. The lowest BCUT2D eigenvalue weighted by Crippen LogP contribution is -2.69. The standard InChI is InChI=1S/C21H32N4O.C2HF3O2/c1-16(2)23-10-8-21(9-11-23)20(26)25(19-7-4-17(3)22-14-19)13-12-24(21)15-18-5-6-18;3-2(4,5)1(6)7/h4,7,14,16,18H,5-6,8-13,15H2,1-3H3;(H,6,7). The number of halogens is 3. The minimum absolute atomic E-state index is 0.304. The fraction of sp³-hybridized carbons (Fsp3) is 0.696. The zero-order valence-corrected chi connectivity index (χ0v) is 19.4. The highest BCUT2D eigenvalue weighted by molar-refractivity contribution is 6.01. The van der Waals surface area contributed by atoms with Gasteiger partial charge in [0.15, 0.2) is 0 Å². The van der Waals surface area contributed by atoms with Crippen LogP contribution in [0, 0.1) is 12.8 Å². The van der Waals surface area contributed by atoms with Crippen molar-refractivity contribution in [2.24, 2.45) is 5.92 Å². The Balaban J connectivity index is 0.000000383. The maximum absolute atomic E-state index is 13.7. The number of alkyl halides is 3. The third kappa shape index (κ3) is 6.03. The van der Waals surface area contributed by atoms with Gasteiger partial charge in [0.1, 0.15) is 5.54 Å². The summed E-state index contributed by atoms with van der Waals surface area (Å²) in [5.74, 6) is -1.64. The second kappa shape index (κ2) is 9.97. The number of piperidine rings is 1. The lowest BCUT2D eigenvalue weighted by molar-refractivity contribution is -0.192. The van der Waals surface area contributed by atoms with E-state index in [1.165, 1.54) is 12.8 Å². The molecule has 1 aromatic rings. The number of rotatable bonds is 4. The van der Waals surface area contributed by atoms with Crippen LogP contribution in [-0.4, -0.2) is 82.2 Å². The normalized spacial score (nSPS) is 21.8. The van der Waals surface area contributed by atoms with Gasteiger partial charge in [-0.1, -0.05) is 0 Å². The van der Waals surface area contributed by atoms with Gasteiger partial charge in [0.25, 0.3) is 0 Å². The van der Waals surface area contributed by atoms with E-state index in [0.29, 0.717) is 11.9 Å². The van der Waals surface area contributed by atoms with Crippen LogP contribution < -0.4 is 4.90 Å². The SMILES string of the molecule is Cc1ccc(N2CCN(CC3CC3)C3(CCN(C(C)C)CC3)C2=O)cn1.O=C(O)C(F)(F)F. The van der Waals surface area contributed by atoms with E-state index in [-0.39, 0.29) is 5.54 Å². The minimum Gasteiger partial charge on any atom is -0.475 e. The van der Waals surface area contributed by atoms with Crippen LogP contribution in [0.2, 0.25) is 0 Å². The van der Waals surface area contributed by atoms with Crippen molar-refractivity contribution in [3.05, 3.63) is 24.0 Å². The van der Waals surface area contributed by atoms with Crippen LogP contribution in [0.1, 0.15) is 45.2 Å². The number of likely N-dealkylation sites (tertiary alicyclic amines) is 1. The van der Waals surface area contributed by atoms with E-state index in [4.69, 9.17) is 9.90 Å². The van der Waals surface area contributed by atoms with Crippen molar-refractivity contribution < 1.29 is 27.9 Å². The van der Waals surface area contributed by atoms with Gasteiger partial charge in [-0.25, -0.2) is 4.79 Å². The number of amides is 1. The molecule has 1 aromatic heterocycles. The van der Waals surface area contributed by atoms with Crippen molar-refractivity contribution in [3.8, 4) is 0 Å². The van der Waals surface area contributed by atoms with Gasteiger partial charge in [0.2, 0.25) is 5.91 Å². The van der Waals surface area contributed by atoms with Crippen LogP contribution in [0.15, 0.2) is 18.3 Å². The molecule has 3 aliphatic rings. The van der Waals surface area contributed by atoms with Gasteiger partial charge < -0.3 is 14.9 Å². The molecule has 0 radical (unpaired) electrons. The quantitative estimate of drug-likeness (QED) is 0.728. The predicted octanol–water partition coefficient (Wildman–Crippen LogP) is 3.32. The van der Waals surface area contributed by atoms with E-state index in [1.807, 2.05) is 30.2 Å². The first kappa shape index (κ1) is 25.4. The summed E-state index contributed by atoms with van der Waals surface area (Å²) < 4.78 is 31.7. The average Bonchev–Trinajstić information content (AvgIpc) is 3.57. The number of aromatic nitrogens is 1. The molecule has 10 heteroatoms. The monoisotopic (exact) mass is 470 g/mol. The fourth-order valence-corrected chi connectivity index (χ4v) is 4.61. The molecule has 1 amide bonds. The van der Waals surface area contributed by atoms with Gasteiger partial charge in [-0.05, 0) is 64.5 Å². The summed E-state index contributed by atoms with van der Waals surface area (Å²) in [4.78, 5) is 34.1. The number of nitrogens with zero attached hydrogens (tertiary/aromatic N) is 4. The molecule has 7 nitrogen and oxygen atoms in total. The molecule has 33 heavy (non-hydrogen) atoms. The minimum atomic E-state index is -5.08. The fourth-order valence-electron chi connectivity index (χ4n) is 4.61. The Kier molecular flexibility index (Phi) is 7.68. The number of carboxylic acid groups (broad SMARTS) is 1. The van der Waals surface area contributed by atoms with E-state index < -0.39 is 12.1 Å². The summed E-state index contributed by atoms with van der Waals surface area (Å²) in [7, 11) is 0. The Morgan fingerprint density at radius 3 is 2.24 bits per heavy atom. The van der Waals surface area contributed by atoms with E-state index in [0.717, 1.165) is 62.9 Å². The van der Waals surface area contributed by atoms with Gasteiger partial charge in [-0.15, -0.1) is 0 Å². The van der Waals surface area contributed by atoms with Crippen molar-refractivity contribution in [2.45, 2.75) is 64.2 Å².